The molecule has 124 valence electrons. The van der Waals surface area contributed by atoms with Gasteiger partial charge in [0.05, 0.1) is 5.41 Å². The number of carboxylic acids is 1. The van der Waals surface area contributed by atoms with Crippen LogP contribution in [0.25, 0.3) is 0 Å². The van der Waals surface area contributed by atoms with E-state index >= 15 is 0 Å². The van der Waals surface area contributed by atoms with E-state index in [9.17, 15) is 14.4 Å². The van der Waals surface area contributed by atoms with Crippen molar-refractivity contribution in [3.05, 3.63) is 23.8 Å². The van der Waals surface area contributed by atoms with Gasteiger partial charge in [-0.1, -0.05) is 0 Å². The van der Waals surface area contributed by atoms with Crippen LogP contribution >= 0.6 is 0 Å². The Morgan fingerprint density at radius 2 is 2.00 bits per heavy atom. The van der Waals surface area contributed by atoms with E-state index in [1.807, 2.05) is 19.1 Å². The summed E-state index contributed by atoms with van der Waals surface area (Å²) in [5, 5.41) is 11.8. The minimum Gasteiger partial charge on any atom is -0.481 e. The zero-order valence-corrected chi connectivity index (χ0v) is 13.7. The molecule has 2 amide bonds. The number of nitrogens with zero attached hydrogens (tertiary/aromatic N) is 1. The lowest BCUT2D eigenvalue weighted by molar-refractivity contribution is -0.149. The maximum atomic E-state index is 12.0. The highest BCUT2D eigenvalue weighted by atomic mass is 16.4. The predicted octanol–water partition coefficient (Wildman–Crippen LogP) is 2.43. The molecule has 0 spiro atoms. The number of carbonyl (C=O) groups excluding carboxylic acids is 2. The van der Waals surface area contributed by atoms with Gasteiger partial charge in [-0.3, -0.25) is 14.4 Å². The summed E-state index contributed by atoms with van der Waals surface area (Å²) in [5.74, 6) is -1.23. The number of anilines is 2. The van der Waals surface area contributed by atoms with Gasteiger partial charge in [0, 0.05) is 30.8 Å². The SMILES string of the molecule is CCN1C(=O)CCc2cc(NC(=O)CC(C)(C)C(=O)O)ccc21. The number of amides is 2. The van der Waals surface area contributed by atoms with E-state index in [1.165, 1.54) is 13.8 Å². The van der Waals surface area contributed by atoms with Gasteiger partial charge >= 0.3 is 5.97 Å². The Labute approximate surface area is 135 Å². The normalized spacial score (nSPS) is 14.4. The van der Waals surface area contributed by atoms with Gasteiger partial charge in [-0.25, -0.2) is 0 Å². The van der Waals surface area contributed by atoms with Crippen molar-refractivity contribution in [2.45, 2.75) is 40.0 Å². The van der Waals surface area contributed by atoms with Crippen LogP contribution in [0.15, 0.2) is 18.2 Å². The van der Waals surface area contributed by atoms with Gasteiger partial charge in [0.25, 0.3) is 0 Å². The van der Waals surface area contributed by atoms with Crippen LogP contribution in [-0.4, -0.2) is 29.4 Å². The first-order valence-electron chi connectivity index (χ1n) is 7.71. The first-order chi connectivity index (χ1) is 10.7. The molecule has 0 radical (unpaired) electrons. The number of benzene rings is 1. The van der Waals surface area contributed by atoms with Crippen molar-refractivity contribution in [3.63, 3.8) is 0 Å². The van der Waals surface area contributed by atoms with E-state index in [1.54, 1.807) is 11.0 Å². The topological polar surface area (TPSA) is 86.7 Å². The van der Waals surface area contributed by atoms with E-state index in [2.05, 4.69) is 5.32 Å². The predicted molar refractivity (Wildman–Crippen MR) is 87.5 cm³/mol. The molecule has 1 aliphatic rings. The van der Waals surface area contributed by atoms with Crippen LogP contribution < -0.4 is 10.2 Å². The fraction of sp³-hybridized carbons (Fsp3) is 0.471. The Hall–Kier alpha value is -2.37. The van der Waals surface area contributed by atoms with Crippen LogP contribution in [0.5, 0.6) is 0 Å². The molecule has 0 unspecified atom stereocenters. The van der Waals surface area contributed by atoms with Crippen molar-refractivity contribution < 1.29 is 19.5 Å². The second-order valence-electron chi connectivity index (χ2n) is 6.40. The molecule has 2 rings (SSSR count). The van der Waals surface area contributed by atoms with E-state index in [-0.39, 0.29) is 18.2 Å². The average molecular weight is 318 g/mol. The minimum absolute atomic E-state index is 0.0982. The van der Waals surface area contributed by atoms with Gasteiger partial charge in [0.15, 0.2) is 0 Å². The highest BCUT2D eigenvalue weighted by Crippen LogP contribution is 2.30. The molecule has 0 saturated carbocycles. The second-order valence-corrected chi connectivity index (χ2v) is 6.40. The van der Waals surface area contributed by atoms with Gasteiger partial charge in [-0.2, -0.15) is 0 Å². The van der Waals surface area contributed by atoms with Crippen molar-refractivity contribution in [1.29, 1.82) is 0 Å². The smallest absolute Gasteiger partial charge is 0.309 e. The Morgan fingerprint density at radius 3 is 2.61 bits per heavy atom. The summed E-state index contributed by atoms with van der Waals surface area (Å²) < 4.78 is 0. The molecule has 23 heavy (non-hydrogen) atoms. The summed E-state index contributed by atoms with van der Waals surface area (Å²) in [6, 6.07) is 5.43. The van der Waals surface area contributed by atoms with Crippen LogP contribution in [0.3, 0.4) is 0 Å². The number of aliphatic carboxylic acids is 1. The number of fused-ring (bicyclic) bond motifs is 1. The first-order valence-corrected chi connectivity index (χ1v) is 7.71. The lowest BCUT2D eigenvalue weighted by Crippen LogP contribution is -2.34. The largest absolute Gasteiger partial charge is 0.481 e. The number of carboxylic acid groups (broad SMARTS) is 1. The van der Waals surface area contributed by atoms with Crippen molar-refractivity contribution in [2.24, 2.45) is 5.41 Å². The van der Waals surface area contributed by atoms with Gasteiger partial charge in [-0.15, -0.1) is 0 Å². The number of aryl methyl sites for hydroxylation is 1. The zero-order chi connectivity index (χ0) is 17.2. The second kappa shape index (κ2) is 6.40. The van der Waals surface area contributed by atoms with Gasteiger partial charge in [0.1, 0.15) is 0 Å². The number of hydrogen-bond acceptors (Lipinski definition) is 3. The number of nitrogens with one attached hydrogen (secondary N) is 1. The monoisotopic (exact) mass is 318 g/mol. The lowest BCUT2D eigenvalue weighted by Gasteiger charge is -2.28. The number of carbonyl (C=O) groups is 3. The van der Waals surface area contributed by atoms with Crippen molar-refractivity contribution in [2.75, 3.05) is 16.8 Å². The molecule has 0 aliphatic carbocycles. The molecule has 2 N–H and O–H groups in total. The Balaban J connectivity index is 2.13. The van der Waals surface area contributed by atoms with E-state index in [4.69, 9.17) is 5.11 Å². The third kappa shape index (κ3) is 3.70. The Morgan fingerprint density at radius 1 is 1.30 bits per heavy atom. The summed E-state index contributed by atoms with van der Waals surface area (Å²) in [7, 11) is 0. The maximum Gasteiger partial charge on any atom is 0.309 e. The Kier molecular flexibility index (Phi) is 4.73. The maximum absolute atomic E-state index is 12.0. The molecule has 1 aromatic carbocycles. The van der Waals surface area contributed by atoms with Crippen LogP contribution in [0.1, 0.15) is 39.2 Å². The zero-order valence-electron chi connectivity index (χ0n) is 13.7. The average Bonchev–Trinajstić information content (AvgIpc) is 2.46. The summed E-state index contributed by atoms with van der Waals surface area (Å²) in [5.41, 5.74) is 1.42. The van der Waals surface area contributed by atoms with Crippen LogP contribution in [0, 0.1) is 5.41 Å². The molecule has 1 aliphatic heterocycles. The first kappa shape index (κ1) is 17.0. The van der Waals surface area contributed by atoms with E-state index < -0.39 is 11.4 Å². The highest BCUT2D eigenvalue weighted by molar-refractivity contribution is 5.98. The summed E-state index contributed by atoms with van der Waals surface area (Å²) in [4.78, 5) is 36.7. The molecule has 1 aromatic rings. The third-order valence-corrected chi connectivity index (χ3v) is 4.06. The summed E-state index contributed by atoms with van der Waals surface area (Å²) >= 11 is 0. The minimum atomic E-state index is -1.11. The molecule has 0 saturated heterocycles. The lowest BCUT2D eigenvalue weighted by atomic mass is 9.89. The number of hydrogen-bond donors (Lipinski definition) is 2. The molecule has 6 heteroatoms. The van der Waals surface area contributed by atoms with Crippen LogP contribution in [0.4, 0.5) is 11.4 Å². The van der Waals surface area contributed by atoms with Crippen molar-refractivity contribution >= 4 is 29.2 Å². The van der Waals surface area contributed by atoms with Gasteiger partial charge < -0.3 is 15.3 Å². The third-order valence-electron chi connectivity index (χ3n) is 4.06. The molecular formula is C17H22N2O4. The molecule has 1 heterocycles. The fourth-order valence-corrected chi connectivity index (χ4v) is 2.67. The van der Waals surface area contributed by atoms with Crippen molar-refractivity contribution in [3.8, 4) is 0 Å². The fourth-order valence-electron chi connectivity index (χ4n) is 2.67. The summed E-state index contributed by atoms with van der Waals surface area (Å²) in [6.07, 6.45) is 1.01. The molecule has 0 aromatic heterocycles. The van der Waals surface area contributed by atoms with Gasteiger partial charge in [-0.05, 0) is 51.0 Å². The quantitative estimate of drug-likeness (QED) is 0.873. The molecule has 6 nitrogen and oxygen atoms in total. The molecule has 0 bridgehead atoms. The Bertz CT molecular complexity index is 652. The molecule has 0 atom stereocenters. The van der Waals surface area contributed by atoms with E-state index in [0.717, 1.165) is 11.3 Å². The molecule has 0 fully saturated rings. The standard InChI is InChI=1S/C17H22N2O4/c1-4-19-13-7-6-12(9-11(13)5-8-15(19)21)18-14(20)10-17(2,3)16(22)23/h6-7,9H,4-5,8,10H2,1-3H3,(H,18,20)(H,22,23). The number of rotatable bonds is 5. The van der Waals surface area contributed by atoms with Crippen LogP contribution in [0.2, 0.25) is 0 Å². The summed E-state index contributed by atoms with van der Waals surface area (Å²) in [6.45, 7) is 5.58. The molecular weight excluding hydrogens is 296 g/mol. The van der Waals surface area contributed by atoms with Gasteiger partial charge in [0.2, 0.25) is 11.8 Å². The highest BCUT2D eigenvalue weighted by Gasteiger charge is 2.30. The van der Waals surface area contributed by atoms with Crippen LogP contribution in [-0.2, 0) is 20.8 Å². The van der Waals surface area contributed by atoms with Crippen molar-refractivity contribution in [1.82, 2.24) is 0 Å². The van der Waals surface area contributed by atoms with E-state index in [0.29, 0.717) is 25.1 Å².